The molecule has 0 radical (unpaired) electrons. The molecule has 1 fully saturated rings. The van der Waals surface area contributed by atoms with E-state index >= 15 is 0 Å². The Labute approximate surface area is 126 Å². The molecular formula is C15H26N2S2. The maximum atomic E-state index is 3.42. The van der Waals surface area contributed by atoms with Crippen LogP contribution in [-0.2, 0) is 13.1 Å². The highest BCUT2D eigenvalue weighted by Gasteiger charge is 2.25. The van der Waals surface area contributed by atoms with Gasteiger partial charge in [0, 0.05) is 46.4 Å². The lowest BCUT2D eigenvalue weighted by molar-refractivity contribution is 0.204. The van der Waals surface area contributed by atoms with Crippen molar-refractivity contribution in [3.05, 3.63) is 21.4 Å². The largest absolute Gasteiger partial charge is 0.312 e. The first kappa shape index (κ1) is 15.4. The molecule has 1 aromatic rings. The van der Waals surface area contributed by atoms with E-state index in [0.717, 1.165) is 24.9 Å². The van der Waals surface area contributed by atoms with Crippen LogP contribution in [0.4, 0.5) is 0 Å². The fourth-order valence-electron chi connectivity index (χ4n) is 2.52. The highest BCUT2D eigenvalue weighted by Crippen LogP contribution is 2.28. The second kappa shape index (κ2) is 7.11. The number of thioether (sulfide) groups is 1. The lowest BCUT2D eigenvalue weighted by Crippen LogP contribution is -2.43. The van der Waals surface area contributed by atoms with Gasteiger partial charge in [0.05, 0.1) is 0 Å². The zero-order chi connectivity index (χ0) is 13.8. The van der Waals surface area contributed by atoms with Crippen LogP contribution in [-0.4, -0.2) is 35.0 Å². The van der Waals surface area contributed by atoms with Crippen LogP contribution < -0.4 is 5.32 Å². The zero-order valence-electron chi connectivity index (χ0n) is 12.5. The van der Waals surface area contributed by atoms with Crippen molar-refractivity contribution in [2.75, 3.05) is 18.8 Å². The van der Waals surface area contributed by atoms with E-state index in [0.29, 0.717) is 6.04 Å². The average Bonchev–Trinajstić information content (AvgIpc) is 2.73. The van der Waals surface area contributed by atoms with Crippen LogP contribution >= 0.6 is 23.1 Å². The number of aryl methyl sites for hydroxylation is 1. The van der Waals surface area contributed by atoms with Crippen molar-refractivity contribution < 1.29 is 0 Å². The molecule has 2 heterocycles. The van der Waals surface area contributed by atoms with Gasteiger partial charge in [-0.05, 0) is 32.0 Å². The maximum absolute atomic E-state index is 3.42. The van der Waals surface area contributed by atoms with Crippen LogP contribution in [0.5, 0.6) is 0 Å². The van der Waals surface area contributed by atoms with Crippen LogP contribution in [0.15, 0.2) is 6.07 Å². The molecule has 0 bridgehead atoms. The van der Waals surface area contributed by atoms with Crippen LogP contribution in [0.25, 0.3) is 0 Å². The molecule has 0 amide bonds. The fourth-order valence-corrected chi connectivity index (χ4v) is 4.70. The molecule has 0 aliphatic carbocycles. The van der Waals surface area contributed by atoms with E-state index in [-0.39, 0.29) is 0 Å². The summed E-state index contributed by atoms with van der Waals surface area (Å²) in [5.74, 6) is 1.28. The second-order valence-electron chi connectivity index (χ2n) is 5.36. The predicted molar refractivity (Wildman–Crippen MR) is 88.2 cm³/mol. The molecule has 2 rings (SSSR count). The van der Waals surface area contributed by atoms with Gasteiger partial charge >= 0.3 is 0 Å². The third kappa shape index (κ3) is 3.97. The Balaban J connectivity index is 2.00. The Morgan fingerprint density at radius 2 is 2.21 bits per heavy atom. The van der Waals surface area contributed by atoms with E-state index < -0.39 is 0 Å². The molecule has 2 unspecified atom stereocenters. The van der Waals surface area contributed by atoms with Gasteiger partial charge in [0.15, 0.2) is 0 Å². The normalized spacial score (nSPS) is 24.8. The molecule has 0 saturated carbocycles. The Hall–Kier alpha value is -0.0300. The number of nitrogens with zero attached hydrogens (tertiary/aromatic N) is 1. The van der Waals surface area contributed by atoms with Crippen molar-refractivity contribution >= 4 is 23.1 Å². The topological polar surface area (TPSA) is 15.3 Å². The monoisotopic (exact) mass is 298 g/mol. The Bertz CT molecular complexity index is 403. The van der Waals surface area contributed by atoms with Crippen molar-refractivity contribution in [2.24, 2.45) is 0 Å². The molecule has 0 spiro atoms. The van der Waals surface area contributed by atoms with Gasteiger partial charge in [-0.2, -0.15) is 11.8 Å². The summed E-state index contributed by atoms with van der Waals surface area (Å²) in [5, 5.41) is 4.18. The number of thiophene rings is 1. The van der Waals surface area contributed by atoms with Crippen LogP contribution in [0.3, 0.4) is 0 Å². The van der Waals surface area contributed by atoms with Crippen molar-refractivity contribution in [2.45, 2.75) is 52.1 Å². The van der Waals surface area contributed by atoms with Gasteiger partial charge in [-0.3, -0.25) is 4.90 Å². The lowest BCUT2D eigenvalue weighted by atomic mass is 10.1. The highest BCUT2D eigenvalue weighted by molar-refractivity contribution is 8.00. The molecule has 1 N–H and O–H groups in total. The molecule has 1 aliphatic rings. The van der Waals surface area contributed by atoms with Crippen molar-refractivity contribution in [3.8, 4) is 0 Å². The first-order chi connectivity index (χ1) is 9.11. The molecule has 1 saturated heterocycles. The summed E-state index contributed by atoms with van der Waals surface area (Å²) in [5.41, 5.74) is 1.53. The molecule has 0 aromatic carbocycles. The van der Waals surface area contributed by atoms with Crippen LogP contribution in [0.2, 0.25) is 0 Å². The number of hydrogen-bond donors (Lipinski definition) is 1. The molecule has 2 nitrogen and oxygen atoms in total. The third-order valence-electron chi connectivity index (χ3n) is 4.01. The van der Waals surface area contributed by atoms with Gasteiger partial charge in [0.2, 0.25) is 0 Å². The second-order valence-corrected chi connectivity index (χ2v) is 8.19. The first-order valence-electron chi connectivity index (χ1n) is 7.26. The summed E-state index contributed by atoms with van der Waals surface area (Å²) in [7, 11) is 0. The van der Waals surface area contributed by atoms with Crippen molar-refractivity contribution in [1.82, 2.24) is 10.2 Å². The smallest absolute Gasteiger partial charge is 0.0299 e. The molecule has 1 aromatic heterocycles. The molecule has 2 atom stereocenters. The molecule has 19 heavy (non-hydrogen) atoms. The minimum atomic E-state index is 0.690. The zero-order valence-corrected chi connectivity index (χ0v) is 14.2. The van der Waals surface area contributed by atoms with E-state index in [1.807, 2.05) is 11.3 Å². The number of rotatable bonds is 5. The Kier molecular flexibility index (Phi) is 5.75. The summed E-state index contributed by atoms with van der Waals surface area (Å²) in [6, 6.07) is 3.09. The lowest BCUT2D eigenvalue weighted by Gasteiger charge is -2.37. The summed E-state index contributed by atoms with van der Waals surface area (Å²) in [4.78, 5) is 5.61. The van der Waals surface area contributed by atoms with E-state index in [1.165, 1.54) is 27.6 Å². The standard InChI is InChI=1S/C15H26N2S2/c1-5-16-9-15-8-14(13(4)19-15)10-17-6-7-18-12(3)11(17)2/h8,11-12,16H,5-7,9-10H2,1-4H3. The molecular weight excluding hydrogens is 272 g/mol. The number of hydrogen-bond acceptors (Lipinski definition) is 4. The maximum Gasteiger partial charge on any atom is 0.0299 e. The van der Waals surface area contributed by atoms with Crippen LogP contribution in [0, 0.1) is 6.92 Å². The van der Waals surface area contributed by atoms with E-state index in [9.17, 15) is 0 Å². The van der Waals surface area contributed by atoms with E-state index in [2.05, 4.69) is 55.7 Å². The Morgan fingerprint density at radius 3 is 2.95 bits per heavy atom. The van der Waals surface area contributed by atoms with Gasteiger partial charge in [-0.25, -0.2) is 0 Å². The minimum Gasteiger partial charge on any atom is -0.312 e. The van der Waals surface area contributed by atoms with E-state index in [4.69, 9.17) is 0 Å². The molecule has 108 valence electrons. The summed E-state index contributed by atoms with van der Waals surface area (Å²) >= 11 is 4.06. The Morgan fingerprint density at radius 1 is 1.42 bits per heavy atom. The molecule has 4 heteroatoms. The third-order valence-corrected chi connectivity index (χ3v) is 6.44. The first-order valence-corrected chi connectivity index (χ1v) is 9.13. The fraction of sp³-hybridized carbons (Fsp3) is 0.733. The SMILES string of the molecule is CCNCc1cc(CN2CCSC(C)C2C)c(C)s1. The van der Waals surface area contributed by atoms with Gasteiger partial charge in [-0.1, -0.05) is 13.8 Å². The summed E-state index contributed by atoms with van der Waals surface area (Å²) in [6.07, 6.45) is 0. The predicted octanol–water partition coefficient (Wildman–Crippen LogP) is 3.49. The summed E-state index contributed by atoms with van der Waals surface area (Å²) in [6.45, 7) is 13.6. The van der Waals surface area contributed by atoms with E-state index in [1.54, 1.807) is 0 Å². The number of nitrogens with one attached hydrogen (secondary N) is 1. The van der Waals surface area contributed by atoms with Gasteiger partial charge in [0.25, 0.3) is 0 Å². The van der Waals surface area contributed by atoms with Gasteiger partial charge in [0.1, 0.15) is 0 Å². The minimum absolute atomic E-state index is 0.690. The van der Waals surface area contributed by atoms with Gasteiger partial charge < -0.3 is 5.32 Å². The van der Waals surface area contributed by atoms with Gasteiger partial charge in [-0.15, -0.1) is 11.3 Å². The molecule has 1 aliphatic heterocycles. The van der Waals surface area contributed by atoms with Crippen molar-refractivity contribution in [1.29, 1.82) is 0 Å². The van der Waals surface area contributed by atoms with Crippen LogP contribution in [0.1, 0.15) is 36.1 Å². The summed E-state index contributed by atoms with van der Waals surface area (Å²) < 4.78 is 0. The highest BCUT2D eigenvalue weighted by atomic mass is 32.2. The quantitative estimate of drug-likeness (QED) is 0.896. The average molecular weight is 299 g/mol. The van der Waals surface area contributed by atoms with Crippen molar-refractivity contribution in [3.63, 3.8) is 0 Å².